The molecule has 2 aliphatic heterocycles. The molecule has 0 unspecified atom stereocenters. The fourth-order valence-electron chi connectivity index (χ4n) is 2.03. The van der Waals surface area contributed by atoms with Crippen molar-refractivity contribution in [2.75, 3.05) is 0 Å². The molecule has 0 aromatic heterocycles. The maximum atomic E-state index is 10.8. The van der Waals surface area contributed by atoms with Crippen LogP contribution in [-0.2, 0) is 4.79 Å². The van der Waals surface area contributed by atoms with Crippen LogP contribution in [0.3, 0.4) is 0 Å². The Balaban J connectivity index is 2.11. The van der Waals surface area contributed by atoms with Gasteiger partial charge in [-0.25, -0.2) is 14.8 Å². The lowest BCUT2D eigenvalue weighted by Crippen LogP contribution is -2.09. The lowest BCUT2D eigenvalue weighted by Gasteiger charge is -2.08. The molecule has 3 aliphatic rings. The first-order valence-electron chi connectivity index (χ1n) is 4.85. The van der Waals surface area contributed by atoms with Crippen molar-refractivity contribution in [3.8, 4) is 0 Å². The van der Waals surface area contributed by atoms with Crippen LogP contribution in [0.25, 0.3) is 0 Å². The van der Waals surface area contributed by atoms with Gasteiger partial charge in [-0.1, -0.05) is 6.08 Å². The Hall–Kier alpha value is -1.49. The number of rotatable bonds is 1. The zero-order valence-corrected chi connectivity index (χ0v) is 9.78. The van der Waals surface area contributed by atoms with E-state index in [1.807, 2.05) is 12.2 Å². The fraction of sp³-hybridized carbons (Fsp3) is 0.182. The van der Waals surface area contributed by atoms with Gasteiger partial charge >= 0.3 is 5.97 Å². The van der Waals surface area contributed by atoms with Crippen LogP contribution in [-0.4, -0.2) is 22.6 Å². The van der Waals surface area contributed by atoms with Crippen LogP contribution in [0.15, 0.2) is 43.5 Å². The summed E-state index contributed by atoms with van der Waals surface area (Å²) in [5.41, 5.74) is 3.16. The number of allylic oxidation sites excluding steroid dienone is 4. The molecule has 5 heteroatoms. The van der Waals surface area contributed by atoms with E-state index in [2.05, 4.69) is 25.9 Å². The molecule has 80 valence electrons. The van der Waals surface area contributed by atoms with Gasteiger partial charge in [0.15, 0.2) is 5.84 Å². The van der Waals surface area contributed by atoms with Gasteiger partial charge in [0.25, 0.3) is 0 Å². The molecule has 0 atom stereocenters. The van der Waals surface area contributed by atoms with E-state index in [-0.39, 0.29) is 5.71 Å². The quantitative estimate of drug-likeness (QED) is 0.799. The van der Waals surface area contributed by atoms with E-state index in [9.17, 15) is 4.79 Å². The van der Waals surface area contributed by atoms with Gasteiger partial charge in [-0.05, 0) is 34.0 Å². The van der Waals surface area contributed by atoms with E-state index in [4.69, 9.17) is 5.11 Å². The Morgan fingerprint density at radius 2 is 2.19 bits per heavy atom. The molecule has 3 rings (SSSR count). The third kappa shape index (κ3) is 1.24. The number of carboxylic acid groups (broad SMARTS) is 1. The molecule has 0 amide bonds. The zero-order chi connectivity index (χ0) is 11.3. The van der Waals surface area contributed by atoms with E-state index >= 15 is 0 Å². The summed E-state index contributed by atoms with van der Waals surface area (Å²) in [5.74, 6) is -0.385. The Labute approximate surface area is 99.9 Å². The topological polar surface area (TPSA) is 62.0 Å². The minimum atomic E-state index is -0.957. The van der Waals surface area contributed by atoms with Gasteiger partial charge in [-0.3, -0.25) is 0 Å². The van der Waals surface area contributed by atoms with Gasteiger partial charge in [0.2, 0.25) is 0 Å². The standard InChI is InChI=1S/C11H7BrN2O2/c12-7-3-1-2-5-6-4-8(11(15)16)13-10(6)14-9(5)7/h1,3H,2,4H2,(H,15,16). The molecule has 1 aliphatic carbocycles. The second-order valence-corrected chi connectivity index (χ2v) is 4.59. The molecule has 0 radical (unpaired) electrons. The normalized spacial score (nSPS) is 22.1. The van der Waals surface area contributed by atoms with Gasteiger partial charge < -0.3 is 5.11 Å². The summed E-state index contributed by atoms with van der Waals surface area (Å²) in [7, 11) is 0. The first kappa shape index (κ1) is 9.72. The maximum Gasteiger partial charge on any atom is 0.350 e. The summed E-state index contributed by atoms with van der Waals surface area (Å²) in [5, 5.41) is 8.87. The number of aliphatic carboxylic acids is 1. The van der Waals surface area contributed by atoms with E-state index in [1.165, 1.54) is 0 Å². The van der Waals surface area contributed by atoms with Crippen LogP contribution in [0, 0.1) is 0 Å². The van der Waals surface area contributed by atoms with Crippen LogP contribution in [0.5, 0.6) is 0 Å². The monoisotopic (exact) mass is 278 g/mol. The SMILES string of the molecule is O=C(O)C1=NC2=NC3=C(Br)C=CCC3=C2C1. The molecule has 4 nitrogen and oxygen atoms in total. The molecule has 2 heterocycles. The number of carboxylic acids is 1. The highest BCUT2D eigenvalue weighted by atomic mass is 79.9. The predicted octanol–water partition coefficient (Wildman–Crippen LogP) is 2.19. The van der Waals surface area contributed by atoms with E-state index in [0.717, 1.165) is 27.7 Å². The summed E-state index contributed by atoms with van der Waals surface area (Å²) in [6.07, 6.45) is 5.19. The van der Waals surface area contributed by atoms with Crippen molar-refractivity contribution in [2.45, 2.75) is 12.8 Å². The first-order valence-corrected chi connectivity index (χ1v) is 5.65. The average Bonchev–Trinajstić information content (AvgIpc) is 2.76. The van der Waals surface area contributed by atoms with Crippen molar-refractivity contribution in [2.24, 2.45) is 9.98 Å². The van der Waals surface area contributed by atoms with Crippen molar-refractivity contribution in [3.05, 3.63) is 33.5 Å². The number of carbonyl (C=O) groups is 1. The minimum absolute atomic E-state index is 0.186. The second-order valence-electron chi connectivity index (χ2n) is 3.74. The van der Waals surface area contributed by atoms with Crippen molar-refractivity contribution in [3.63, 3.8) is 0 Å². The summed E-state index contributed by atoms with van der Waals surface area (Å²) >= 11 is 3.43. The summed E-state index contributed by atoms with van der Waals surface area (Å²) in [4.78, 5) is 19.2. The van der Waals surface area contributed by atoms with E-state index in [1.54, 1.807) is 0 Å². The summed E-state index contributed by atoms with van der Waals surface area (Å²) < 4.78 is 0.940. The molecule has 0 bridgehead atoms. The number of aliphatic imine (C=N–C) groups is 2. The predicted molar refractivity (Wildman–Crippen MR) is 63.9 cm³/mol. The molecule has 0 saturated heterocycles. The highest BCUT2D eigenvalue weighted by Gasteiger charge is 2.33. The lowest BCUT2D eigenvalue weighted by atomic mass is 9.98. The minimum Gasteiger partial charge on any atom is -0.477 e. The van der Waals surface area contributed by atoms with Crippen LogP contribution in [0.4, 0.5) is 0 Å². The van der Waals surface area contributed by atoms with Gasteiger partial charge in [-0.2, -0.15) is 0 Å². The second kappa shape index (κ2) is 3.25. The third-order valence-corrected chi connectivity index (χ3v) is 3.42. The number of halogens is 1. The Kier molecular flexibility index (Phi) is 1.97. The highest BCUT2D eigenvalue weighted by molar-refractivity contribution is 9.11. The van der Waals surface area contributed by atoms with Crippen molar-refractivity contribution < 1.29 is 9.90 Å². The molecule has 1 N–H and O–H groups in total. The number of fused-ring (bicyclic) bond motifs is 2. The fourth-order valence-corrected chi connectivity index (χ4v) is 2.55. The number of amidine groups is 1. The largest absolute Gasteiger partial charge is 0.477 e. The maximum absolute atomic E-state index is 10.8. The van der Waals surface area contributed by atoms with Gasteiger partial charge in [0, 0.05) is 16.5 Å². The van der Waals surface area contributed by atoms with Gasteiger partial charge in [-0.15, -0.1) is 0 Å². The Morgan fingerprint density at radius 1 is 1.38 bits per heavy atom. The Bertz CT molecular complexity index is 565. The first-order chi connectivity index (χ1) is 7.66. The van der Waals surface area contributed by atoms with Crippen LogP contribution >= 0.6 is 15.9 Å². The zero-order valence-electron chi connectivity index (χ0n) is 8.20. The highest BCUT2D eigenvalue weighted by Crippen LogP contribution is 2.39. The molecule has 0 aromatic rings. The molecule has 0 saturated carbocycles. The van der Waals surface area contributed by atoms with Crippen LogP contribution in [0.1, 0.15) is 12.8 Å². The number of nitrogens with zero attached hydrogens (tertiary/aromatic N) is 2. The summed E-state index contributed by atoms with van der Waals surface area (Å²) in [6.45, 7) is 0. The van der Waals surface area contributed by atoms with E-state index < -0.39 is 5.97 Å². The smallest absolute Gasteiger partial charge is 0.350 e. The molecular formula is C11H7BrN2O2. The summed E-state index contributed by atoms with van der Waals surface area (Å²) in [6, 6.07) is 0. The molecular weight excluding hydrogens is 272 g/mol. The molecule has 0 fully saturated rings. The molecule has 0 spiro atoms. The number of hydrogen-bond acceptors (Lipinski definition) is 3. The van der Waals surface area contributed by atoms with Gasteiger partial charge in [0.05, 0.1) is 5.70 Å². The third-order valence-electron chi connectivity index (χ3n) is 2.78. The molecule has 16 heavy (non-hydrogen) atoms. The average molecular weight is 279 g/mol. The van der Waals surface area contributed by atoms with E-state index in [0.29, 0.717) is 12.3 Å². The molecule has 0 aromatic carbocycles. The van der Waals surface area contributed by atoms with Crippen molar-refractivity contribution in [1.29, 1.82) is 0 Å². The van der Waals surface area contributed by atoms with Crippen molar-refractivity contribution >= 4 is 33.4 Å². The van der Waals surface area contributed by atoms with Crippen LogP contribution in [0.2, 0.25) is 0 Å². The number of hydrogen-bond donors (Lipinski definition) is 1. The lowest BCUT2D eigenvalue weighted by molar-refractivity contribution is -0.129. The van der Waals surface area contributed by atoms with Crippen molar-refractivity contribution in [1.82, 2.24) is 0 Å². The van der Waals surface area contributed by atoms with Crippen LogP contribution < -0.4 is 0 Å². The van der Waals surface area contributed by atoms with Gasteiger partial charge in [0.1, 0.15) is 5.71 Å². The Morgan fingerprint density at radius 3 is 2.94 bits per heavy atom.